The summed E-state index contributed by atoms with van der Waals surface area (Å²) in [5.41, 5.74) is 0.733. The van der Waals surface area contributed by atoms with Gasteiger partial charge in [-0.1, -0.05) is 38.8 Å². The van der Waals surface area contributed by atoms with Gasteiger partial charge in [-0.25, -0.2) is 0 Å². The Bertz CT molecular complexity index is 530. The summed E-state index contributed by atoms with van der Waals surface area (Å²) in [6.45, 7) is 6.66. The van der Waals surface area contributed by atoms with Gasteiger partial charge in [0.05, 0.1) is 12.1 Å². The molecular formula is C18H26ClNO2. The number of nitrogens with one attached hydrogen (secondary N) is 1. The van der Waals surface area contributed by atoms with Crippen LogP contribution in [0.25, 0.3) is 0 Å². The average Bonchev–Trinajstić information content (AvgIpc) is 2.47. The lowest BCUT2D eigenvalue weighted by Crippen LogP contribution is -2.36. The van der Waals surface area contributed by atoms with Crippen molar-refractivity contribution in [2.45, 2.75) is 40.0 Å². The van der Waals surface area contributed by atoms with Gasteiger partial charge in [0.2, 0.25) is 5.91 Å². The minimum absolute atomic E-state index is 0.0876. The standard InChI is InChI=1S/C18H26ClNO2/c1-11(2)14-7-5-12(3)9-15(14)18(21)20-13-6-8-17(22-4)16(19)10-13/h6,8,10-12,14-15H,5,7,9H2,1-4H3,(H,20,21). The molecule has 1 N–H and O–H groups in total. The third-order valence-corrected chi connectivity index (χ3v) is 5.07. The van der Waals surface area contributed by atoms with Gasteiger partial charge < -0.3 is 10.1 Å². The first-order chi connectivity index (χ1) is 10.4. The Hall–Kier alpha value is -1.22. The maximum Gasteiger partial charge on any atom is 0.227 e. The van der Waals surface area contributed by atoms with Crippen LogP contribution < -0.4 is 10.1 Å². The van der Waals surface area contributed by atoms with Crippen molar-refractivity contribution >= 4 is 23.2 Å². The van der Waals surface area contributed by atoms with Crippen molar-refractivity contribution < 1.29 is 9.53 Å². The fourth-order valence-electron chi connectivity index (χ4n) is 3.48. The van der Waals surface area contributed by atoms with E-state index in [0.717, 1.165) is 18.5 Å². The van der Waals surface area contributed by atoms with Crippen LogP contribution in [-0.2, 0) is 4.79 Å². The molecule has 3 nitrogen and oxygen atoms in total. The first kappa shape index (κ1) is 17.1. The second kappa shape index (κ2) is 7.36. The van der Waals surface area contributed by atoms with Crippen LogP contribution in [0.4, 0.5) is 5.69 Å². The van der Waals surface area contributed by atoms with E-state index in [1.54, 1.807) is 19.2 Å². The lowest BCUT2D eigenvalue weighted by atomic mass is 9.70. The molecule has 0 aromatic heterocycles. The predicted octanol–water partition coefficient (Wildman–Crippen LogP) is 5.00. The van der Waals surface area contributed by atoms with Crippen LogP contribution >= 0.6 is 11.6 Å². The summed E-state index contributed by atoms with van der Waals surface area (Å²) in [4.78, 5) is 12.7. The number of ether oxygens (including phenoxy) is 1. The Labute approximate surface area is 138 Å². The molecule has 122 valence electrons. The summed E-state index contributed by atoms with van der Waals surface area (Å²) in [5.74, 6) is 2.43. The lowest BCUT2D eigenvalue weighted by Gasteiger charge is -2.36. The highest BCUT2D eigenvalue weighted by Crippen LogP contribution is 2.38. The first-order valence-electron chi connectivity index (χ1n) is 8.06. The Kier molecular flexibility index (Phi) is 5.74. The zero-order valence-corrected chi connectivity index (χ0v) is 14.6. The second-order valence-corrected chi connectivity index (χ2v) is 7.18. The van der Waals surface area contributed by atoms with Crippen LogP contribution in [0.1, 0.15) is 40.0 Å². The van der Waals surface area contributed by atoms with Gasteiger partial charge in [-0.3, -0.25) is 4.79 Å². The normalized spacial score (nSPS) is 25.1. The zero-order valence-electron chi connectivity index (χ0n) is 13.9. The molecular weight excluding hydrogens is 298 g/mol. The average molecular weight is 324 g/mol. The van der Waals surface area contributed by atoms with Gasteiger partial charge in [0.25, 0.3) is 0 Å². The van der Waals surface area contributed by atoms with Gasteiger partial charge in [-0.15, -0.1) is 0 Å². The quantitative estimate of drug-likeness (QED) is 0.847. The number of carbonyl (C=O) groups is 1. The van der Waals surface area contributed by atoms with Crippen molar-refractivity contribution in [1.29, 1.82) is 0 Å². The van der Waals surface area contributed by atoms with Crippen molar-refractivity contribution in [1.82, 2.24) is 0 Å². The molecule has 1 saturated carbocycles. The maximum absolute atomic E-state index is 12.7. The van der Waals surface area contributed by atoms with E-state index in [9.17, 15) is 4.79 Å². The molecule has 3 atom stereocenters. The summed E-state index contributed by atoms with van der Waals surface area (Å²) >= 11 is 6.12. The largest absolute Gasteiger partial charge is 0.495 e. The molecule has 0 radical (unpaired) electrons. The predicted molar refractivity (Wildman–Crippen MR) is 91.5 cm³/mol. The van der Waals surface area contributed by atoms with Gasteiger partial charge in [0.15, 0.2) is 0 Å². The fourth-order valence-corrected chi connectivity index (χ4v) is 3.74. The number of anilines is 1. The van der Waals surface area contributed by atoms with Crippen LogP contribution in [0.5, 0.6) is 5.75 Å². The topological polar surface area (TPSA) is 38.3 Å². The number of benzene rings is 1. The smallest absolute Gasteiger partial charge is 0.227 e. The number of hydrogen-bond acceptors (Lipinski definition) is 2. The summed E-state index contributed by atoms with van der Waals surface area (Å²) in [6, 6.07) is 5.36. The van der Waals surface area contributed by atoms with Crippen molar-refractivity contribution in [2.75, 3.05) is 12.4 Å². The summed E-state index contributed by atoms with van der Waals surface area (Å²) in [7, 11) is 1.58. The molecule has 2 rings (SSSR count). The van der Waals surface area contributed by atoms with Gasteiger partial charge in [0, 0.05) is 11.6 Å². The maximum atomic E-state index is 12.7. The highest BCUT2D eigenvalue weighted by molar-refractivity contribution is 6.32. The highest BCUT2D eigenvalue weighted by Gasteiger charge is 2.35. The number of rotatable bonds is 4. The van der Waals surface area contributed by atoms with E-state index in [1.165, 1.54) is 6.42 Å². The third-order valence-electron chi connectivity index (χ3n) is 4.78. The summed E-state index contributed by atoms with van der Waals surface area (Å²) in [6.07, 6.45) is 3.33. The lowest BCUT2D eigenvalue weighted by molar-refractivity contribution is -0.123. The highest BCUT2D eigenvalue weighted by atomic mass is 35.5. The minimum Gasteiger partial charge on any atom is -0.495 e. The van der Waals surface area contributed by atoms with Crippen LogP contribution in [0.2, 0.25) is 5.02 Å². The van der Waals surface area contributed by atoms with Gasteiger partial charge in [-0.2, -0.15) is 0 Å². The second-order valence-electron chi connectivity index (χ2n) is 6.77. The van der Waals surface area contributed by atoms with Gasteiger partial charge >= 0.3 is 0 Å². The molecule has 3 unspecified atom stereocenters. The van der Waals surface area contributed by atoms with Crippen molar-refractivity contribution in [3.05, 3.63) is 23.2 Å². The third kappa shape index (κ3) is 3.95. The van der Waals surface area contributed by atoms with E-state index in [4.69, 9.17) is 16.3 Å². The Morgan fingerprint density at radius 2 is 2.09 bits per heavy atom. The summed E-state index contributed by atoms with van der Waals surface area (Å²) < 4.78 is 5.14. The molecule has 1 aliphatic carbocycles. The van der Waals surface area contributed by atoms with E-state index in [-0.39, 0.29) is 11.8 Å². The number of methoxy groups -OCH3 is 1. The van der Waals surface area contributed by atoms with Crippen LogP contribution in [0, 0.1) is 23.7 Å². The monoisotopic (exact) mass is 323 g/mol. The van der Waals surface area contributed by atoms with E-state index < -0.39 is 0 Å². The molecule has 0 bridgehead atoms. The molecule has 1 fully saturated rings. The fraction of sp³-hybridized carbons (Fsp3) is 0.611. The molecule has 1 amide bonds. The number of hydrogen-bond donors (Lipinski definition) is 1. The number of amides is 1. The van der Waals surface area contributed by atoms with Gasteiger partial charge in [-0.05, 0) is 48.8 Å². The van der Waals surface area contributed by atoms with Crippen molar-refractivity contribution in [3.8, 4) is 5.75 Å². The van der Waals surface area contributed by atoms with Crippen LogP contribution in [0.3, 0.4) is 0 Å². The molecule has 1 aromatic carbocycles. The van der Waals surface area contributed by atoms with E-state index >= 15 is 0 Å². The minimum atomic E-state index is 0.0876. The number of carbonyl (C=O) groups excluding carboxylic acids is 1. The summed E-state index contributed by atoms with van der Waals surface area (Å²) in [5, 5.41) is 3.54. The van der Waals surface area contributed by atoms with E-state index in [1.807, 2.05) is 6.07 Å². The Balaban J connectivity index is 2.10. The molecule has 1 aliphatic rings. The van der Waals surface area contributed by atoms with Crippen molar-refractivity contribution in [3.63, 3.8) is 0 Å². The van der Waals surface area contributed by atoms with Crippen LogP contribution in [-0.4, -0.2) is 13.0 Å². The first-order valence-corrected chi connectivity index (χ1v) is 8.44. The number of halogens is 1. The molecule has 0 heterocycles. The molecule has 0 aliphatic heterocycles. The molecule has 1 aromatic rings. The Morgan fingerprint density at radius 1 is 1.36 bits per heavy atom. The molecule has 0 spiro atoms. The van der Waals surface area contributed by atoms with Crippen molar-refractivity contribution in [2.24, 2.45) is 23.7 Å². The Morgan fingerprint density at radius 3 is 2.68 bits per heavy atom. The van der Waals surface area contributed by atoms with Gasteiger partial charge in [0.1, 0.15) is 5.75 Å². The van der Waals surface area contributed by atoms with Crippen LogP contribution in [0.15, 0.2) is 18.2 Å². The van der Waals surface area contributed by atoms with E-state index in [2.05, 4.69) is 26.1 Å². The molecule has 0 saturated heterocycles. The molecule has 4 heteroatoms. The SMILES string of the molecule is COc1ccc(NC(=O)C2CC(C)CCC2C(C)C)cc1Cl. The molecule has 22 heavy (non-hydrogen) atoms. The van der Waals surface area contributed by atoms with E-state index in [0.29, 0.717) is 28.5 Å². The zero-order chi connectivity index (χ0) is 16.3.